The minimum atomic E-state index is -2.80. The van der Waals surface area contributed by atoms with Gasteiger partial charge in [-0.25, -0.2) is 13.8 Å². The third-order valence-electron chi connectivity index (χ3n) is 6.08. The molecule has 0 radical (unpaired) electrons. The fourth-order valence-corrected chi connectivity index (χ4v) is 4.30. The molecule has 0 unspecified atom stereocenters. The number of anilines is 2. The molecule has 1 aromatic carbocycles. The molecule has 5 rings (SSSR count). The number of alkyl halides is 2. The van der Waals surface area contributed by atoms with Crippen LogP contribution in [0.4, 0.5) is 20.5 Å². The summed E-state index contributed by atoms with van der Waals surface area (Å²) in [7, 11) is 0. The van der Waals surface area contributed by atoms with Crippen molar-refractivity contribution in [2.45, 2.75) is 19.4 Å². The SMILES string of the molecule is C[C@H](Nc1nc(N2CCOCC2)cc(-n2c(C(F)F)nc3ccccc32)n1)C(=O)N1CCOCC1. The highest BCUT2D eigenvalue weighted by Crippen LogP contribution is 2.29. The molecule has 1 N–H and O–H groups in total. The standard InChI is InChI=1S/C23H27F2N7O3/c1-15(22(33)31-8-12-35-13-9-31)26-23-28-18(30-6-10-34-11-7-30)14-19(29-23)32-17-5-3-2-4-16(17)27-21(32)20(24)25/h2-5,14-15,20H,6-13H2,1H3,(H,26,28,29)/t15-/m0/s1. The van der Waals surface area contributed by atoms with Crippen LogP contribution < -0.4 is 10.2 Å². The number of amides is 1. The Morgan fingerprint density at radius 3 is 2.34 bits per heavy atom. The fourth-order valence-electron chi connectivity index (χ4n) is 4.30. The molecule has 10 nitrogen and oxygen atoms in total. The maximum absolute atomic E-state index is 14.0. The maximum Gasteiger partial charge on any atom is 0.296 e. The first kappa shape index (κ1) is 23.4. The van der Waals surface area contributed by atoms with E-state index in [1.165, 1.54) is 4.57 Å². The molecule has 2 aliphatic heterocycles. The Kier molecular flexibility index (Phi) is 6.73. The number of hydrogen-bond acceptors (Lipinski definition) is 8. The Bertz CT molecular complexity index is 1190. The molecule has 1 atom stereocenters. The highest BCUT2D eigenvalue weighted by molar-refractivity contribution is 5.84. The van der Waals surface area contributed by atoms with E-state index in [2.05, 4.69) is 20.3 Å². The zero-order chi connectivity index (χ0) is 24.4. The van der Waals surface area contributed by atoms with Crippen molar-refractivity contribution in [1.29, 1.82) is 0 Å². The summed E-state index contributed by atoms with van der Waals surface area (Å²) in [5, 5.41) is 3.08. The molecule has 186 valence electrons. The first-order chi connectivity index (χ1) is 17.0. The topological polar surface area (TPSA) is 97.6 Å². The average molecular weight is 488 g/mol. The Hall–Kier alpha value is -3.38. The first-order valence-corrected chi connectivity index (χ1v) is 11.6. The van der Waals surface area contributed by atoms with Crippen molar-refractivity contribution in [1.82, 2.24) is 24.4 Å². The minimum absolute atomic E-state index is 0.100. The number of hydrogen-bond donors (Lipinski definition) is 1. The van der Waals surface area contributed by atoms with E-state index in [0.717, 1.165) is 0 Å². The van der Waals surface area contributed by atoms with Gasteiger partial charge in [0.1, 0.15) is 17.7 Å². The zero-order valence-corrected chi connectivity index (χ0v) is 19.4. The Morgan fingerprint density at radius 1 is 0.971 bits per heavy atom. The van der Waals surface area contributed by atoms with Crippen molar-refractivity contribution < 1.29 is 23.0 Å². The number of benzene rings is 1. The molecule has 2 saturated heterocycles. The molecule has 0 aliphatic carbocycles. The lowest BCUT2D eigenvalue weighted by molar-refractivity contribution is -0.135. The summed E-state index contributed by atoms with van der Waals surface area (Å²) in [5.74, 6) is 0.484. The number of imidazole rings is 1. The third kappa shape index (κ3) is 4.89. The van der Waals surface area contributed by atoms with Crippen molar-refractivity contribution in [3.05, 3.63) is 36.2 Å². The second kappa shape index (κ2) is 10.1. The van der Waals surface area contributed by atoms with Crippen LogP contribution in [-0.2, 0) is 14.3 Å². The zero-order valence-electron chi connectivity index (χ0n) is 19.4. The Labute approximate surface area is 200 Å². The highest BCUT2D eigenvalue weighted by atomic mass is 19.3. The number of ether oxygens (including phenoxy) is 2. The second-order valence-corrected chi connectivity index (χ2v) is 8.41. The molecule has 2 aromatic heterocycles. The lowest BCUT2D eigenvalue weighted by Gasteiger charge is -2.30. The predicted octanol–water partition coefficient (Wildman–Crippen LogP) is 2.25. The summed E-state index contributed by atoms with van der Waals surface area (Å²) in [6, 6.07) is 7.98. The fraction of sp³-hybridized carbons (Fsp3) is 0.478. The highest BCUT2D eigenvalue weighted by Gasteiger charge is 2.26. The quantitative estimate of drug-likeness (QED) is 0.566. The number of nitrogens with zero attached hydrogens (tertiary/aromatic N) is 6. The minimum Gasteiger partial charge on any atom is -0.378 e. The summed E-state index contributed by atoms with van der Waals surface area (Å²) in [4.78, 5) is 30.0. The number of rotatable bonds is 6. The van der Waals surface area contributed by atoms with Gasteiger partial charge in [-0.15, -0.1) is 0 Å². The molecule has 12 heteroatoms. The van der Waals surface area contributed by atoms with Gasteiger partial charge in [-0.05, 0) is 19.1 Å². The molecular weight excluding hydrogens is 460 g/mol. The third-order valence-corrected chi connectivity index (χ3v) is 6.08. The Balaban J connectivity index is 1.54. The average Bonchev–Trinajstić information content (AvgIpc) is 3.29. The van der Waals surface area contributed by atoms with Gasteiger partial charge in [0.05, 0.1) is 37.5 Å². The van der Waals surface area contributed by atoms with Crippen LogP contribution in [0.25, 0.3) is 16.9 Å². The number of nitrogens with one attached hydrogen (secondary N) is 1. The van der Waals surface area contributed by atoms with Crippen LogP contribution in [0.1, 0.15) is 19.2 Å². The van der Waals surface area contributed by atoms with Gasteiger partial charge < -0.3 is 24.6 Å². The van der Waals surface area contributed by atoms with Crippen LogP contribution in [0.15, 0.2) is 30.3 Å². The van der Waals surface area contributed by atoms with E-state index in [4.69, 9.17) is 9.47 Å². The van der Waals surface area contributed by atoms with Crippen LogP contribution in [0, 0.1) is 0 Å². The molecule has 3 aromatic rings. The van der Waals surface area contributed by atoms with E-state index in [-0.39, 0.29) is 17.7 Å². The van der Waals surface area contributed by atoms with E-state index in [1.807, 2.05) is 4.90 Å². The van der Waals surface area contributed by atoms with Crippen molar-refractivity contribution in [2.24, 2.45) is 0 Å². The van der Waals surface area contributed by atoms with E-state index in [0.29, 0.717) is 69.5 Å². The molecule has 35 heavy (non-hydrogen) atoms. The van der Waals surface area contributed by atoms with E-state index in [1.54, 1.807) is 42.2 Å². The van der Waals surface area contributed by atoms with Crippen LogP contribution in [0.2, 0.25) is 0 Å². The second-order valence-electron chi connectivity index (χ2n) is 8.41. The summed E-state index contributed by atoms with van der Waals surface area (Å²) in [5.41, 5.74) is 0.956. The van der Waals surface area contributed by atoms with Crippen LogP contribution >= 0.6 is 0 Å². The van der Waals surface area contributed by atoms with E-state index >= 15 is 0 Å². The van der Waals surface area contributed by atoms with Gasteiger partial charge in [0.15, 0.2) is 5.82 Å². The summed E-state index contributed by atoms with van der Waals surface area (Å²) in [6.45, 7) is 6.03. The largest absolute Gasteiger partial charge is 0.378 e. The monoisotopic (exact) mass is 487 g/mol. The first-order valence-electron chi connectivity index (χ1n) is 11.6. The number of morpholine rings is 2. The van der Waals surface area contributed by atoms with Crippen LogP contribution in [0.5, 0.6) is 0 Å². The van der Waals surface area contributed by atoms with Gasteiger partial charge >= 0.3 is 0 Å². The molecule has 1 amide bonds. The summed E-state index contributed by atoms with van der Waals surface area (Å²) >= 11 is 0. The number of halogens is 2. The van der Waals surface area contributed by atoms with Gasteiger partial charge in [-0.1, -0.05) is 12.1 Å². The molecule has 0 saturated carbocycles. The van der Waals surface area contributed by atoms with Crippen molar-refractivity contribution >= 4 is 28.7 Å². The smallest absolute Gasteiger partial charge is 0.296 e. The Morgan fingerprint density at radius 2 is 1.63 bits per heavy atom. The molecule has 2 aliphatic rings. The normalized spacial score (nSPS) is 17.7. The van der Waals surface area contributed by atoms with E-state index in [9.17, 15) is 13.6 Å². The lowest BCUT2D eigenvalue weighted by Crippen LogP contribution is -2.47. The van der Waals surface area contributed by atoms with Gasteiger partial charge in [0, 0.05) is 32.2 Å². The molecule has 4 heterocycles. The number of aromatic nitrogens is 4. The molecule has 0 bridgehead atoms. The molecule has 2 fully saturated rings. The van der Waals surface area contributed by atoms with E-state index < -0.39 is 18.3 Å². The van der Waals surface area contributed by atoms with Gasteiger partial charge in [-0.2, -0.15) is 9.97 Å². The van der Waals surface area contributed by atoms with Gasteiger partial charge in [-0.3, -0.25) is 9.36 Å². The number of carbonyl (C=O) groups is 1. The van der Waals surface area contributed by atoms with Crippen LogP contribution in [0.3, 0.4) is 0 Å². The summed E-state index contributed by atoms with van der Waals surface area (Å²) in [6.07, 6.45) is -2.80. The molecular formula is C23H27F2N7O3. The van der Waals surface area contributed by atoms with Crippen molar-refractivity contribution in [3.63, 3.8) is 0 Å². The molecule has 0 spiro atoms. The lowest BCUT2D eigenvalue weighted by atomic mass is 10.2. The van der Waals surface area contributed by atoms with Gasteiger partial charge in [0.25, 0.3) is 6.43 Å². The van der Waals surface area contributed by atoms with Gasteiger partial charge in [0.2, 0.25) is 11.9 Å². The van der Waals surface area contributed by atoms with Crippen molar-refractivity contribution in [3.8, 4) is 5.82 Å². The number of carbonyl (C=O) groups excluding carboxylic acids is 1. The van der Waals surface area contributed by atoms with Crippen LogP contribution in [-0.4, -0.2) is 89.0 Å². The maximum atomic E-state index is 14.0. The predicted molar refractivity (Wildman–Crippen MR) is 125 cm³/mol. The number of fused-ring (bicyclic) bond motifs is 1. The van der Waals surface area contributed by atoms with Crippen molar-refractivity contribution in [2.75, 3.05) is 62.8 Å². The summed E-state index contributed by atoms with van der Waals surface area (Å²) < 4.78 is 40.1. The number of para-hydroxylation sites is 2.